The lowest BCUT2D eigenvalue weighted by atomic mass is 10.2. The second-order valence-electron chi connectivity index (χ2n) is 4.73. The Hall–Kier alpha value is -2.22. The van der Waals surface area contributed by atoms with Gasteiger partial charge in [0, 0.05) is 18.0 Å². The molecule has 0 heterocycles. The SMILES string of the molecule is CS(=O)(=O)c1ccc(N=Cc2ccccc2F)cc1C(F)(F)F. The van der Waals surface area contributed by atoms with Crippen molar-refractivity contribution in [3.63, 3.8) is 0 Å². The van der Waals surface area contributed by atoms with Crippen LogP contribution >= 0.6 is 0 Å². The van der Waals surface area contributed by atoms with Crippen LogP contribution in [0.4, 0.5) is 23.2 Å². The molecule has 0 saturated heterocycles. The summed E-state index contributed by atoms with van der Waals surface area (Å²) >= 11 is 0. The van der Waals surface area contributed by atoms with E-state index in [4.69, 9.17) is 0 Å². The van der Waals surface area contributed by atoms with Crippen LogP contribution in [0.2, 0.25) is 0 Å². The second-order valence-corrected chi connectivity index (χ2v) is 6.71. The van der Waals surface area contributed by atoms with Gasteiger partial charge in [-0.25, -0.2) is 12.8 Å². The normalized spacial score (nSPS) is 12.7. The number of nitrogens with zero attached hydrogens (tertiary/aromatic N) is 1. The van der Waals surface area contributed by atoms with Crippen molar-refractivity contribution in [1.29, 1.82) is 0 Å². The summed E-state index contributed by atoms with van der Waals surface area (Å²) in [7, 11) is -4.04. The van der Waals surface area contributed by atoms with E-state index >= 15 is 0 Å². The van der Waals surface area contributed by atoms with Crippen molar-refractivity contribution >= 4 is 21.7 Å². The molecule has 0 saturated carbocycles. The summed E-state index contributed by atoms with van der Waals surface area (Å²) in [6, 6.07) is 8.21. The van der Waals surface area contributed by atoms with Gasteiger partial charge in [0.15, 0.2) is 9.84 Å². The van der Waals surface area contributed by atoms with Crippen molar-refractivity contribution in [3.8, 4) is 0 Å². The first-order valence-corrected chi connectivity index (χ1v) is 8.18. The van der Waals surface area contributed by atoms with E-state index in [1.165, 1.54) is 18.2 Å². The standard InChI is InChI=1S/C15H11F4NO2S/c1-23(21,22)14-7-6-11(8-12(14)15(17,18)19)20-9-10-4-2-3-5-13(10)16/h2-9H,1H3. The molecule has 23 heavy (non-hydrogen) atoms. The van der Waals surface area contributed by atoms with Gasteiger partial charge in [0.1, 0.15) is 5.82 Å². The predicted octanol–water partition coefficient (Wildman–Crippen LogP) is 4.00. The number of alkyl halides is 3. The summed E-state index contributed by atoms with van der Waals surface area (Å²) in [4.78, 5) is 2.95. The van der Waals surface area contributed by atoms with Crippen LogP contribution < -0.4 is 0 Å². The Labute approximate surface area is 130 Å². The molecule has 0 aliphatic carbocycles. The molecule has 0 aliphatic rings. The lowest BCUT2D eigenvalue weighted by molar-refractivity contribution is -0.139. The van der Waals surface area contributed by atoms with Crippen LogP contribution in [-0.2, 0) is 16.0 Å². The molecule has 0 atom stereocenters. The zero-order valence-electron chi connectivity index (χ0n) is 11.8. The highest BCUT2D eigenvalue weighted by atomic mass is 32.2. The van der Waals surface area contributed by atoms with Gasteiger partial charge in [-0.1, -0.05) is 18.2 Å². The minimum Gasteiger partial charge on any atom is -0.256 e. The van der Waals surface area contributed by atoms with Crippen molar-refractivity contribution in [1.82, 2.24) is 0 Å². The zero-order chi connectivity index (χ0) is 17.3. The van der Waals surface area contributed by atoms with Crippen LogP contribution in [0.15, 0.2) is 52.4 Å². The van der Waals surface area contributed by atoms with E-state index in [0.717, 1.165) is 18.3 Å². The fraction of sp³-hybridized carbons (Fsp3) is 0.133. The molecule has 2 aromatic rings. The van der Waals surface area contributed by atoms with E-state index in [1.807, 2.05) is 0 Å². The predicted molar refractivity (Wildman–Crippen MR) is 78.2 cm³/mol. The van der Waals surface area contributed by atoms with E-state index in [2.05, 4.69) is 4.99 Å². The summed E-state index contributed by atoms with van der Waals surface area (Å²) in [6.07, 6.45) is -3.08. The average molecular weight is 345 g/mol. The molecule has 8 heteroatoms. The number of hydrogen-bond donors (Lipinski definition) is 0. The molecule has 0 aromatic heterocycles. The topological polar surface area (TPSA) is 46.5 Å². The number of benzene rings is 2. The molecule has 0 spiro atoms. The Balaban J connectivity index is 2.49. The Morgan fingerprint density at radius 1 is 1.09 bits per heavy atom. The Morgan fingerprint density at radius 2 is 1.74 bits per heavy atom. The second kappa shape index (κ2) is 6.11. The minimum atomic E-state index is -4.85. The lowest BCUT2D eigenvalue weighted by Gasteiger charge is -2.12. The van der Waals surface area contributed by atoms with Gasteiger partial charge in [0.25, 0.3) is 0 Å². The average Bonchev–Trinajstić information content (AvgIpc) is 2.44. The van der Waals surface area contributed by atoms with E-state index in [0.29, 0.717) is 12.3 Å². The highest BCUT2D eigenvalue weighted by Gasteiger charge is 2.36. The van der Waals surface area contributed by atoms with E-state index in [1.54, 1.807) is 6.07 Å². The van der Waals surface area contributed by atoms with Crippen molar-refractivity contribution in [3.05, 3.63) is 59.4 Å². The minimum absolute atomic E-state index is 0.105. The fourth-order valence-corrected chi connectivity index (χ4v) is 2.76. The third-order valence-electron chi connectivity index (χ3n) is 2.93. The summed E-state index contributed by atoms with van der Waals surface area (Å²) in [6.45, 7) is 0. The van der Waals surface area contributed by atoms with Crippen LogP contribution in [-0.4, -0.2) is 20.9 Å². The van der Waals surface area contributed by atoms with Crippen LogP contribution in [0.25, 0.3) is 0 Å². The fourth-order valence-electron chi connectivity index (χ4n) is 1.87. The number of rotatable bonds is 3. The third kappa shape index (κ3) is 4.16. The van der Waals surface area contributed by atoms with Crippen molar-refractivity contribution < 1.29 is 26.0 Å². The molecule has 0 fully saturated rings. The van der Waals surface area contributed by atoms with Gasteiger partial charge < -0.3 is 0 Å². The highest BCUT2D eigenvalue weighted by Crippen LogP contribution is 2.36. The van der Waals surface area contributed by atoms with Gasteiger partial charge in [0.05, 0.1) is 16.1 Å². The first-order chi connectivity index (χ1) is 10.6. The molecule has 0 radical (unpaired) electrons. The lowest BCUT2D eigenvalue weighted by Crippen LogP contribution is -2.12. The molecule has 3 nitrogen and oxygen atoms in total. The maximum atomic E-state index is 13.4. The van der Waals surface area contributed by atoms with Crippen LogP contribution in [0, 0.1) is 5.82 Å². The van der Waals surface area contributed by atoms with E-state index < -0.39 is 32.3 Å². The molecule has 0 amide bonds. The Bertz CT molecular complexity index is 858. The largest absolute Gasteiger partial charge is 0.417 e. The van der Waals surface area contributed by atoms with Gasteiger partial charge in [0.2, 0.25) is 0 Å². The van der Waals surface area contributed by atoms with E-state index in [-0.39, 0.29) is 11.3 Å². The molecular weight excluding hydrogens is 334 g/mol. The first kappa shape index (κ1) is 17.1. The van der Waals surface area contributed by atoms with Gasteiger partial charge in [-0.15, -0.1) is 0 Å². The van der Waals surface area contributed by atoms with Gasteiger partial charge in [-0.3, -0.25) is 4.99 Å². The highest BCUT2D eigenvalue weighted by molar-refractivity contribution is 7.90. The molecule has 2 rings (SSSR count). The molecule has 0 bridgehead atoms. The Morgan fingerprint density at radius 3 is 2.30 bits per heavy atom. The summed E-state index contributed by atoms with van der Waals surface area (Å²) in [5.41, 5.74) is -1.33. The van der Waals surface area contributed by atoms with Crippen LogP contribution in [0.1, 0.15) is 11.1 Å². The first-order valence-electron chi connectivity index (χ1n) is 6.29. The van der Waals surface area contributed by atoms with Crippen molar-refractivity contribution in [2.75, 3.05) is 6.26 Å². The van der Waals surface area contributed by atoms with Crippen molar-refractivity contribution in [2.45, 2.75) is 11.1 Å². The van der Waals surface area contributed by atoms with Gasteiger partial charge in [-0.05, 0) is 24.3 Å². The molecular formula is C15H11F4NO2S. The molecule has 2 aromatic carbocycles. The smallest absolute Gasteiger partial charge is 0.256 e. The van der Waals surface area contributed by atoms with Gasteiger partial charge >= 0.3 is 6.18 Å². The maximum absolute atomic E-state index is 13.4. The maximum Gasteiger partial charge on any atom is 0.417 e. The molecule has 0 aliphatic heterocycles. The summed E-state index contributed by atoms with van der Waals surface area (Å²) < 4.78 is 75.4. The number of sulfone groups is 1. The van der Waals surface area contributed by atoms with Crippen LogP contribution in [0.3, 0.4) is 0 Å². The summed E-state index contributed by atoms with van der Waals surface area (Å²) in [5, 5.41) is 0. The number of hydrogen-bond acceptors (Lipinski definition) is 3. The van der Waals surface area contributed by atoms with Crippen molar-refractivity contribution in [2.24, 2.45) is 4.99 Å². The molecule has 122 valence electrons. The quantitative estimate of drug-likeness (QED) is 0.624. The monoisotopic (exact) mass is 345 g/mol. The van der Waals surface area contributed by atoms with Gasteiger partial charge in [-0.2, -0.15) is 13.2 Å². The summed E-state index contributed by atoms with van der Waals surface area (Å²) in [5.74, 6) is -0.569. The third-order valence-corrected chi connectivity index (χ3v) is 4.08. The Kier molecular flexibility index (Phi) is 4.56. The molecule has 0 N–H and O–H groups in total. The molecule has 0 unspecified atom stereocenters. The zero-order valence-corrected chi connectivity index (χ0v) is 12.6. The van der Waals surface area contributed by atoms with E-state index in [9.17, 15) is 26.0 Å². The van der Waals surface area contributed by atoms with Crippen LogP contribution in [0.5, 0.6) is 0 Å². The number of halogens is 4. The number of aliphatic imine (C=N–C) groups is 1.